The van der Waals surface area contributed by atoms with Gasteiger partial charge in [-0.15, -0.1) is 0 Å². The number of hydrogen-bond donors (Lipinski definition) is 0. The minimum atomic E-state index is -3.30. The molecule has 0 unspecified atom stereocenters. The van der Waals surface area contributed by atoms with Gasteiger partial charge in [0.05, 0.1) is 28.3 Å². The molecule has 0 N–H and O–H groups in total. The Kier molecular flexibility index (Phi) is 7.52. The largest absolute Gasteiger partial charge is 0.383 e. The first-order valence-corrected chi connectivity index (χ1v) is 12.1. The van der Waals surface area contributed by atoms with Crippen LogP contribution in [-0.4, -0.2) is 38.4 Å². The summed E-state index contributed by atoms with van der Waals surface area (Å²) in [6, 6.07) is 13.4. The second-order valence-electron chi connectivity index (χ2n) is 6.83. The van der Waals surface area contributed by atoms with Crippen LogP contribution in [0.2, 0.25) is 0 Å². The first kappa shape index (κ1) is 22.3. The number of rotatable bonds is 9. The van der Waals surface area contributed by atoms with Crippen LogP contribution in [0.4, 0.5) is 4.39 Å². The van der Waals surface area contributed by atoms with Crippen molar-refractivity contribution >= 4 is 37.3 Å². The van der Waals surface area contributed by atoms with Gasteiger partial charge in [0, 0.05) is 20.1 Å². The highest BCUT2D eigenvalue weighted by Crippen LogP contribution is 2.18. The number of ether oxygens (including phenoxy) is 1. The lowest BCUT2D eigenvalue weighted by Gasteiger charge is -2.04. The highest BCUT2D eigenvalue weighted by atomic mass is 32.2. The maximum Gasteiger partial charge on any atom is 0.248 e. The smallest absolute Gasteiger partial charge is 0.248 e. The normalized spacial score (nSPS) is 12.5. The molecule has 0 saturated heterocycles. The molecule has 0 atom stereocenters. The van der Waals surface area contributed by atoms with Crippen molar-refractivity contribution in [3.63, 3.8) is 0 Å². The van der Waals surface area contributed by atoms with E-state index in [2.05, 4.69) is 4.99 Å². The van der Waals surface area contributed by atoms with E-state index >= 15 is 0 Å². The third-order valence-electron chi connectivity index (χ3n) is 4.46. The van der Waals surface area contributed by atoms with Gasteiger partial charge in [-0.2, -0.15) is 4.99 Å². The van der Waals surface area contributed by atoms with E-state index in [0.717, 1.165) is 11.1 Å². The van der Waals surface area contributed by atoms with Crippen LogP contribution < -0.4 is 4.80 Å². The zero-order chi connectivity index (χ0) is 21.6. The number of benzene rings is 2. The topological polar surface area (TPSA) is 77.7 Å². The first-order valence-electron chi connectivity index (χ1n) is 9.48. The van der Waals surface area contributed by atoms with Crippen molar-refractivity contribution in [1.29, 1.82) is 0 Å². The van der Waals surface area contributed by atoms with Gasteiger partial charge >= 0.3 is 0 Å². The van der Waals surface area contributed by atoms with Crippen LogP contribution in [0, 0.1) is 5.82 Å². The summed E-state index contributed by atoms with van der Waals surface area (Å²) in [6.07, 6.45) is 0.232. The van der Waals surface area contributed by atoms with Crippen molar-refractivity contribution < 1.29 is 22.3 Å². The minimum Gasteiger partial charge on any atom is -0.383 e. The highest BCUT2D eigenvalue weighted by Gasteiger charge is 2.14. The standard InChI is InChI=1S/C21H23FN2O4S2/c1-28-12-11-24-18-10-9-17(22)14-19(18)29-21(24)23-20(25)8-5-13-30(26,27)15-16-6-3-2-4-7-16/h2-4,6-7,9-10,14H,5,8,11-13,15H2,1H3. The van der Waals surface area contributed by atoms with Gasteiger partial charge in [-0.3, -0.25) is 4.79 Å². The molecule has 0 aliphatic rings. The van der Waals surface area contributed by atoms with E-state index in [0.29, 0.717) is 22.7 Å². The number of methoxy groups -OCH3 is 1. The van der Waals surface area contributed by atoms with Crippen LogP contribution in [0.25, 0.3) is 10.2 Å². The van der Waals surface area contributed by atoms with Crippen molar-refractivity contribution in [2.75, 3.05) is 19.5 Å². The molecule has 0 radical (unpaired) electrons. The molecule has 1 heterocycles. The van der Waals surface area contributed by atoms with Crippen molar-refractivity contribution in [2.24, 2.45) is 4.99 Å². The van der Waals surface area contributed by atoms with E-state index in [1.165, 1.54) is 23.5 Å². The Balaban J connectivity index is 1.69. The third-order valence-corrected chi connectivity index (χ3v) is 7.18. The van der Waals surface area contributed by atoms with Crippen molar-refractivity contribution in [1.82, 2.24) is 4.57 Å². The fourth-order valence-corrected chi connectivity index (χ4v) is 5.56. The Morgan fingerprint density at radius 3 is 2.70 bits per heavy atom. The number of thiazole rings is 1. The third kappa shape index (κ3) is 6.07. The maximum absolute atomic E-state index is 13.5. The summed E-state index contributed by atoms with van der Waals surface area (Å²) < 4.78 is 45.7. The summed E-state index contributed by atoms with van der Waals surface area (Å²) in [5, 5.41) is 0. The molecular weight excluding hydrogens is 427 g/mol. The van der Waals surface area contributed by atoms with Gasteiger partial charge in [0.15, 0.2) is 14.6 Å². The number of carbonyl (C=O) groups excluding carboxylic acids is 1. The van der Waals surface area contributed by atoms with Crippen LogP contribution in [0.15, 0.2) is 53.5 Å². The number of halogens is 1. The summed E-state index contributed by atoms with van der Waals surface area (Å²) >= 11 is 1.22. The van der Waals surface area contributed by atoms with E-state index in [1.54, 1.807) is 37.4 Å². The monoisotopic (exact) mass is 450 g/mol. The molecule has 0 fully saturated rings. The van der Waals surface area contributed by atoms with Gasteiger partial charge in [0.1, 0.15) is 5.82 Å². The molecule has 0 aliphatic heterocycles. The molecule has 3 aromatic rings. The number of aromatic nitrogens is 1. The molecule has 0 bridgehead atoms. The van der Waals surface area contributed by atoms with Gasteiger partial charge < -0.3 is 9.30 Å². The Morgan fingerprint density at radius 1 is 1.20 bits per heavy atom. The molecule has 2 aromatic carbocycles. The molecule has 9 heteroatoms. The predicted molar refractivity (Wildman–Crippen MR) is 115 cm³/mol. The summed E-state index contributed by atoms with van der Waals surface area (Å²) in [5.41, 5.74) is 1.50. The fourth-order valence-electron chi connectivity index (χ4n) is 3.04. The highest BCUT2D eigenvalue weighted by molar-refractivity contribution is 7.90. The van der Waals surface area contributed by atoms with Crippen LogP contribution in [0.3, 0.4) is 0 Å². The van der Waals surface area contributed by atoms with Gasteiger partial charge in [-0.1, -0.05) is 41.7 Å². The Labute approximate surface area is 178 Å². The van der Waals surface area contributed by atoms with Crippen molar-refractivity contribution in [2.45, 2.75) is 25.1 Å². The summed E-state index contributed by atoms with van der Waals surface area (Å²) in [5.74, 6) is -0.880. The molecular formula is C21H23FN2O4S2. The second-order valence-corrected chi connectivity index (χ2v) is 10.0. The van der Waals surface area contributed by atoms with E-state index in [1.807, 2.05) is 10.6 Å². The predicted octanol–water partition coefficient (Wildman–Crippen LogP) is 3.31. The lowest BCUT2D eigenvalue weighted by Crippen LogP contribution is -2.19. The average Bonchev–Trinajstić information content (AvgIpc) is 3.02. The Bertz CT molecular complexity index is 1180. The van der Waals surface area contributed by atoms with Crippen LogP contribution in [-0.2, 0) is 31.7 Å². The zero-order valence-corrected chi connectivity index (χ0v) is 18.2. The number of sulfone groups is 1. The van der Waals surface area contributed by atoms with Gasteiger partial charge in [0.25, 0.3) is 0 Å². The molecule has 160 valence electrons. The second kappa shape index (κ2) is 10.1. The molecule has 30 heavy (non-hydrogen) atoms. The Morgan fingerprint density at radius 2 is 1.97 bits per heavy atom. The number of carbonyl (C=O) groups is 1. The van der Waals surface area contributed by atoms with Crippen molar-refractivity contribution in [3.05, 3.63) is 64.7 Å². The first-order chi connectivity index (χ1) is 14.4. The van der Waals surface area contributed by atoms with E-state index in [-0.39, 0.29) is 30.2 Å². The summed E-state index contributed by atoms with van der Waals surface area (Å²) in [6.45, 7) is 0.891. The average molecular weight is 451 g/mol. The van der Waals surface area contributed by atoms with Gasteiger partial charge in [-0.05, 0) is 30.2 Å². The minimum absolute atomic E-state index is 0.0287. The van der Waals surface area contributed by atoms with E-state index in [9.17, 15) is 17.6 Å². The molecule has 1 amide bonds. The van der Waals surface area contributed by atoms with E-state index < -0.39 is 15.7 Å². The molecule has 3 rings (SSSR count). The summed E-state index contributed by atoms with van der Waals surface area (Å²) in [4.78, 5) is 17.0. The number of fused-ring (bicyclic) bond motifs is 1. The van der Waals surface area contributed by atoms with Gasteiger partial charge in [0.2, 0.25) is 5.91 Å². The number of amides is 1. The summed E-state index contributed by atoms with van der Waals surface area (Å²) in [7, 11) is -1.73. The van der Waals surface area contributed by atoms with E-state index in [4.69, 9.17) is 4.74 Å². The van der Waals surface area contributed by atoms with Gasteiger partial charge in [-0.25, -0.2) is 12.8 Å². The van der Waals surface area contributed by atoms with Crippen LogP contribution >= 0.6 is 11.3 Å². The Hall–Kier alpha value is -2.36. The molecule has 0 saturated carbocycles. The molecule has 0 spiro atoms. The quantitative estimate of drug-likeness (QED) is 0.501. The molecule has 0 aliphatic carbocycles. The molecule has 6 nitrogen and oxygen atoms in total. The SMILES string of the molecule is COCCn1c(=NC(=O)CCCS(=O)(=O)Cc2ccccc2)sc2cc(F)ccc21. The maximum atomic E-state index is 13.5. The fraction of sp³-hybridized carbons (Fsp3) is 0.333. The number of hydrogen-bond acceptors (Lipinski definition) is 5. The lowest BCUT2D eigenvalue weighted by molar-refractivity contribution is -0.118. The number of nitrogens with zero attached hydrogens (tertiary/aromatic N) is 2. The lowest BCUT2D eigenvalue weighted by atomic mass is 10.2. The van der Waals surface area contributed by atoms with Crippen LogP contribution in [0.5, 0.6) is 0 Å². The zero-order valence-electron chi connectivity index (χ0n) is 16.6. The van der Waals surface area contributed by atoms with Crippen LogP contribution in [0.1, 0.15) is 18.4 Å². The van der Waals surface area contributed by atoms with Crippen molar-refractivity contribution in [3.8, 4) is 0 Å². The molecule has 1 aromatic heterocycles.